The molecule has 0 aliphatic rings. The average molecular weight is 509 g/mol. The lowest BCUT2D eigenvalue weighted by molar-refractivity contribution is -0.143. The molecule has 0 bridgehead atoms. The first-order chi connectivity index (χ1) is 16.8. The van der Waals surface area contributed by atoms with Gasteiger partial charge in [0.2, 0.25) is 17.7 Å². The molecule has 0 saturated carbocycles. The van der Waals surface area contributed by atoms with Gasteiger partial charge in [-0.15, -0.1) is 0 Å². The van der Waals surface area contributed by atoms with E-state index in [0.29, 0.717) is 0 Å². The Hall–Kier alpha value is -3.51. The van der Waals surface area contributed by atoms with Crippen molar-refractivity contribution in [1.29, 1.82) is 0 Å². The van der Waals surface area contributed by atoms with Gasteiger partial charge in [-0.2, -0.15) is 0 Å². The van der Waals surface area contributed by atoms with Crippen molar-refractivity contribution in [2.75, 3.05) is 0 Å². The molecule has 0 heterocycles. The van der Waals surface area contributed by atoms with Crippen LogP contribution >= 0.6 is 0 Å². The molecule has 0 radical (unpaired) electrons. The summed E-state index contributed by atoms with van der Waals surface area (Å²) >= 11 is 0. The fourth-order valence-corrected chi connectivity index (χ4v) is 3.39. The van der Waals surface area contributed by atoms with Crippen molar-refractivity contribution in [1.82, 2.24) is 16.0 Å². The fourth-order valence-electron chi connectivity index (χ4n) is 3.39. The maximum Gasteiger partial charge on any atom is 0.326 e. The number of nitrogens with two attached hydrogens (primary N) is 1. The number of hydrogen-bond donors (Lipinski definition) is 7. The van der Waals surface area contributed by atoms with E-state index in [0.717, 1.165) is 5.56 Å². The topological polar surface area (TPSA) is 208 Å². The maximum atomic E-state index is 12.9. The summed E-state index contributed by atoms with van der Waals surface area (Å²) in [5.74, 6) is -5.09. The van der Waals surface area contributed by atoms with Crippen LogP contribution in [0.4, 0.5) is 0 Å². The first-order valence-corrected chi connectivity index (χ1v) is 11.6. The number of carbonyl (C=O) groups is 5. The zero-order valence-corrected chi connectivity index (χ0v) is 20.6. The molecule has 0 spiro atoms. The highest BCUT2D eigenvalue weighted by Gasteiger charge is 2.32. The number of benzene rings is 1. The standard InChI is InChI=1S/C24H36N4O8/c1-13(2)11-18(22(33)26-17(24(35)36)9-10-19(30)31)27-23(34)20(14(3)29)28-21(32)16(25)12-15-7-5-4-6-8-15/h4-8,13-14,16-18,20,29H,9-12,25H2,1-3H3,(H,26,33)(H,27,34)(H,28,32)(H,30,31)(H,35,36). The van der Waals surface area contributed by atoms with Crippen LogP contribution in [0.25, 0.3) is 0 Å². The second-order valence-corrected chi connectivity index (χ2v) is 9.05. The lowest BCUT2D eigenvalue weighted by Crippen LogP contribution is -2.60. The molecule has 5 atom stereocenters. The molecule has 1 aromatic carbocycles. The highest BCUT2D eigenvalue weighted by molar-refractivity contribution is 5.94. The number of amides is 3. The second kappa shape index (κ2) is 14.8. The third-order valence-electron chi connectivity index (χ3n) is 5.30. The first kappa shape index (κ1) is 30.5. The SMILES string of the molecule is CC(C)CC(NC(=O)C(NC(=O)C(N)Cc1ccccc1)C(C)O)C(=O)NC(CCC(=O)O)C(=O)O. The lowest BCUT2D eigenvalue weighted by Gasteiger charge is -2.27. The van der Waals surface area contributed by atoms with E-state index in [-0.39, 0.29) is 25.2 Å². The molecule has 1 aromatic rings. The van der Waals surface area contributed by atoms with Gasteiger partial charge in [0.05, 0.1) is 12.1 Å². The third-order valence-corrected chi connectivity index (χ3v) is 5.30. The zero-order valence-electron chi connectivity index (χ0n) is 20.6. The number of carbonyl (C=O) groups excluding carboxylic acids is 3. The molecule has 0 aromatic heterocycles. The third kappa shape index (κ3) is 10.8. The minimum Gasteiger partial charge on any atom is -0.481 e. The predicted octanol–water partition coefficient (Wildman–Crippen LogP) is -0.613. The first-order valence-electron chi connectivity index (χ1n) is 11.6. The van der Waals surface area contributed by atoms with E-state index < -0.39 is 66.4 Å². The molecular weight excluding hydrogens is 472 g/mol. The van der Waals surface area contributed by atoms with Gasteiger partial charge in [0.25, 0.3) is 0 Å². The quantitative estimate of drug-likeness (QED) is 0.161. The Morgan fingerprint density at radius 1 is 0.861 bits per heavy atom. The molecule has 1 rings (SSSR count). The molecule has 0 aliphatic carbocycles. The highest BCUT2D eigenvalue weighted by atomic mass is 16.4. The average Bonchev–Trinajstić information content (AvgIpc) is 2.78. The van der Waals surface area contributed by atoms with E-state index in [2.05, 4.69) is 16.0 Å². The van der Waals surface area contributed by atoms with Gasteiger partial charge in [-0.3, -0.25) is 19.2 Å². The lowest BCUT2D eigenvalue weighted by atomic mass is 10.0. The van der Waals surface area contributed by atoms with E-state index in [4.69, 9.17) is 10.8 Å². The van der Waals surface area contributed by atoms with Crippen LogP contribution in [0.1, 0.15) is 45.6 Å². The Labute approximate surface area is 209 Å². The zero-order chi connectivity index (χ0) is 27.4. The fraction of sp³-hybridized carbons (Fsp3) is 0.542. The summed E-state index contributed by atoms with van der Waals surface area (Å²) < 4.78 is 0. The van der Waals surface area contributed by atoms with Gasteiger partial charge in [0, 0.05) is 6.42 Å². The van der Waals surface area contributed by atoms with Crippen molar-refractivity contribution in [2.24, 2.45) is 11.7 Å². The molecule has 8 N–H and O–H groups in total. The van der Waals surface area contributed by atoms with Gasteiger partial charge < -0.3 is 37.0 Å². The van der Waals surface area contributed by atoms with Crippen LogP contribution in [0.2, 0.25) is 0 Å². The molecular formula is C24H36N4O8. The van der Waals surface area contributed by atoms with E-state index in [1.54, 1.807) is 38.1 Å². The number of aliphatic hydroxyl groups is 1. The number of carboxylic acid groups (broad SMARTS) is 2. The number of aliphatic hydroxyl groups excluding tert-OH is 1. The molecule has 12 nitrogen and oxygen atoms in total. The Bertz CT molecular complexity index is 907. The summed E-state index contributed by atoms with van der Waals surface area (Å²) in [5.41, 5.74) is 6.77. The minimum atomic E-state index is -1.47. The van der Waals surface area contributed by atoms with Gasteiger partial charge in [0.1, 0.15) is 18.1 Å². The summed E-state index contributed by atoms with van der Waals surface area (Å²) in [6, 6.07) is 3.90. The smallest absolute Gasteiger partial charge is 0.326 e. The van der Waals surface area contributed by atoms with E-state index in [9.17, 15) is 34.2 Å². The van der Waals surface area contributed by atoms with Gasteiger partial charge in [-0.1, -0.05) is 44.2 Å². The van der Waals surface area contributed by atoms with Crippen LogP contribution in [-0.4, -0.2) is 75.3 Å². The highest BCUT2D eigenvalue weighted by Crippen LogP contribution is 2.09. The Kier molecular flexibility index (Phi) is 12.5. The van der Waals surface area contributed by atoms with Crippen molar-refractivity contribution in [3.63, 3.8) is 0 Å². The van der Waals surface area contributed by atoms with Crippen molar-refractivity contribution in [3.05, 3.63) is 35.9 Å². The van der Waals surface area contributed by atoms with Crippen molar-refractivity contribution in [3.8, 4) is 0 Å². The number of carboxylic acids is 2. The van der Waals surface area contributed by atoms with Crippen LogP contribution in [0.15, 0.2) is 30.3 Å². The summed E-state index contributed by atoms with van der Waals surface area (Å²) in [6.45, 7) is 4.85. The molecule has 0 fully saturated rings. The molecule has 0 aliphatic heterocycles. The summed E-state index contributed by atoms with van der Waals surface area (Å²) in [7, 11) is 0. The molecule has 3 amide bonds. The summed E-state index contributed by atoms with van der Waals surface area (Å²) in [6.07, 6.45) is -1.83. The van der Waals surface area contributed by atoms with Gasteiger partial charge in [-0.25, -0.2) is 4.79 Å². The van der Waals surface area contributed by atoms with Crippen LogP contribution in [-0.2, 0) is 30.4 Å². The summed E-state index contributed by atoms with van der Waals surface area (Å²) in [5, 5.41) is 35.4. The molecule has 36 heavy (non-hydrogen) atoms. The molecule has 12 heteroatoms. The van der Waals surface area contributed by atoms with E-state index in [1.165, 1.54) is 6.92 Å². The van der Waals surface area contributed by atoms with Gasteiger partial charge in [0.15, 0.2) is 0 Å². The van der Waals surface area contributed by atoms with Crippen LogP contribution in [0.5, 0.6) is 0 Å². The predicted molar refractivity (Wildman–Crippen MR) is 130 cm³/mol. The largest absolute Gasteiger partial charge is 0.481 e. The second-order valence-electron chi connectivity index (χ2n) is 9.05. The number of nitrogens with one attached hydrogen (secondary N) is 3. The Balaban J connectivity index is 2.91. The Morgan fingerprint density at radius 3 is 1.94 bits per heavy atom. The van der Waals surface area contributed by atoms with E-state index >= 15 is 0 Å². The van der Waals surface area contributed by atoms with Gasteiger partial charge in [-0.05, 0) is 37.7 Å². The summed E-state index contributed by atoms with van der Waals surface area (Å²) in [4.78, 5) is 60.5. The number of aliphatic carboxylic acids is 2. The van der Waals surface area contributed by atoms with Crippen molar-refractivity contribution >= 4 is 29.7 Å². The van der Waals surface area contributed by atoms with Gasteiger partial charge >= 0.3 is 11.9 Å². The number of hydrogen-bond acceptors (Lipinski definition) is 7. The van der Waals surface area contributed by atoms with E-state index in [1.807, 2.05) is 6.07 Å². The maximum absolute atomic E-state index is 12.9. The molecule has 0 saturated heterocycles. The monoisotopic (exact) mass is 508 g/mol. The minimum absolute atomic E-state index is 0.0952. The Morgan fingerprint density at radius 2 is 1.44 bits per heavy atom. The van der Waals surface area contributed by atoms with Crippen LogP contribution in [0, 0.1) is 5.92 Å². The van der Waals surface area contributed by atoms with Crippen molar-refractivity contribution < 1.29 is 39.3 Å². The normalized spacial score (nSPS) is 15.2. The number of rotatable bonds is 15. The van der Waals surface area contributed by atoms with Crippen molar-refractivity contribution in [2.45, 2.75) is 76.7 Å². The van der Waals surface area contributed by atoms with Crippen LogP contribution in [0.3, 0.4) is 0 Å². The van der Waals surface area contributed by atoms with Crippen LogP contribution < -0.4 is 21.7 Å². The molecule has 200 valence electrons. The molecule has 5 unspecified atom stereocenters.